The van der Waals surface area contributed by atoms with E-state index in [2.05, 4.69) is 36.6 Å². The molecule has 0 amide bonds. The molecule has 2 aromatic rings. The lowest BCUT2D eigenvalue weighted by atomic mass is 10.2. The number of aromatic nitrogens is 2. The topological polar surface area (TPSA) is 41.5 Å². The quantitative estimate of drug-likeness (QED) is 0.526. The molecule has 1 saturated heterocycles. The molecule has 1 fully saturated rings. The van der Waals surface area contributed by atoms with Gasteiger partial charge in [-0.2, -0.15) is 0 Å². The third-order valence-corrected chi connectivity index (χ3v) is 5.46. The highest BCUT2D eigenvalue weighted by molar-refractivity contribution is 7.99. The van der Waals surface area contributed by atoms with Gasteiger partial charge in [0, 0.05) is 43.1 Å². The van der Waals surface area contributed by atoms with Gasteiger partial charge in [0.15, 0.2) is 5.82 Å². The van der Waals surface area contributed by atoms with Crippen LogP contribution in [-0.4, -0.2) is 60.0 Å². The molecule has 0 unspecified atom stereocenters. The van der Waals surface area contributed by atoms with Crippen LogP contribution in [0.5, 0.6) is 5.75 Å². The van der Waals surface area contributed by atoms with Gasteiger partial charge in [0.05, 0.1) is 7.11 Å². The fraction of sp³-hybridized carbons (Fsp3) is 0.500. The Morgan fingerprint density at radius 1 is 1.07 bits per heavy atom. The molecule has 7 heteroatoms. The van der Waals surface area contributed by atoms with Crippen LogP contribution in [0.15, 0.2) is 35.4 Å². The first-order chi connectivity index (χ1) is 12.6. The summed E-state index contributed by atoms with van der Waals surface area (Å²) in [5.74, 6) is 2.66. The molecular formula is C20H29ClN4OS. The molecule has 0 aliphatic carbocycles. The molecule has 0 N–H and O–H groups in total. The molecule has 0 spiro atoms. The summed E-state index contributed by atoms with van der Waals surface area (Å²) in [5.41, 5.74) is 1.02. The Hall–Kier alpha value is -1.50. The van der Waals surface area contributed by atoms with Crippen molar-refractivity contribution in [2.24, 2.45) is 0 Å². The van der Waals surface area contributed by atoms with Crippen LogP contribution >= 0.6 is 24.2 Å². The third-order valence-electron chi connectivity index (χ3n) is 4.54. The minimum Gasteiger partial charge on any atom is -0.497 e. The summed E-state index contributed by atoms with van der Waals surface area (Å²) in [6.07, 6.45) is 0. The average Bonchev–Trinajstić information content (AvgIpc) is 2.67. The van der Waals surface area contributed by atoms with Gasteiger partial charge in [-0.25, -0.2) is 9.97 Å². The highest BCUT2D eigenvalue weighted by Gasteiger charge is 2.19. The highest BCUT2D eigenvalue weighted by Crippen LogP contribution is 2.29. The second-order valence-corrected chi connectivity index (χ2v) is 8.30. The highest BCUT2D eigenvalue weighted by atomic mass is 35.5. The molecule has 5 nitrogen and oxygen atoms in total. The maximum Gasteiger partial charge on any atom is 0.162 e. The van der Waals surface area contributed by atoms with Crippen molar-refractivity contribution in [3.63, 3.8) is 0 Å². The minimum atomic E-state index is 0. The van der Waals surface area contributed by atoms with Gasteiger partial charge >= 0.3 is 0 Å². The van der Waals surface area contributed by atoms with Crippen LogP contribution in [-0.2, 0) is 0 Å². The van der Waals surface area contributed by atoms with Crippen molar-refractivity contribution in [3.05, 3.63) is 30.3 Å². The van der Waals surface area contributed by atoms with Crippen molar-refractivity contribution in [1.82, 2.24) is 14.9 Å². The maximum absolute atomic E-state index is 5.26. The smallest absolute Gasteiger partial charge is 0.162 e. The largest absolute Gasteiger partial charge is 0.497 e. The molecule has 1 aliphatic heterocycles. The lowest BCUT2D eigenvalue weighted by Gasteiger charge is -2.35. The zero-order chi connectivity index (χ0) is 18.5. The minimum absolute atomic E-state index is 0. The first-order valence-corrected chi connectivity index (χ1v) is 10.1. The number of likely N-dealkylation sites (N-methyl/N-ethyl adjacent to an activating group) is 1. The number of hydrogen-bond donors (Lipinski definition) is 0. The van der Waals surface area contributed by atoms with Crippen molar-refractivity contribution < 1.29 is 4.74 Å². The number of thioether (sulfide) groups is 1. The van der Waals surface area contributed by atoms with E-state index in [0.29, 0.717) is 5.25 Å². The van der Waals surface area contributed by atoms with Crippen molar-refractivity contribution in [2.45, 2.75) is 31.0 Å². The summed E-state index contributed by atoms with van der Waals surface area (Å²) in [6, 6.07) is 10.1. The molecule has 0 atom stereocenters. The number of hydrogen-bond acceptors (Lipinski definition) is 6. The molecule has 3 rings (SSSR count). The molecule has 1 aliphatic rings. The summed E-state index contributed by atoms with van der Waals surface area (Å²) >= 11 is 1.79. The number of halogens is 1. The summed E-state index contributed by atoms with van der Waals surface area (Å²) in [5, 5.41) is 1.52. The van der Waals surface area contributed by atoms with Gasteiger partial charge in [0.25, 0.3) is 0 Å². The van der Waals surface area contributed by atoms with Gasteiger partial charge < -0.3 is 14.5 Å². The Morgan fingerprint density at radius 2 is 1.74 bits per heavy atom. The predicted molar refractivity (Wildman–Crippen MR) is 117 cm³/mol. The Balaban J connectivity index is 0.00000261. The normalized spacial score (nSPS) is 14.9. The van der Waals surface area contributed by atoms with E-state index in [-0.39, 0.29) is 12.4 Å². The van der Waals surface area contributed by atoms with Crippen LogP contribution in [0.2, 0.25) is 0 Å². The number of benzene rings is 1. The zero-order valence-electron chi connectivity index (χ0n) is 16.5. The standard InChI is InChI=1S/C20H28N4OS.ClH/c1-5-23-10-12-24(13-11-23)18-14-19(26-15(2)3)22-20(21-18)16-6-8-17(25-4)9-7-16;/h6-9,14-15H,5,10-13H2,1-4H3;1H. The molecule has 0 bridgehead atoms. The Bertz CT molecular complexity index is 718. The van der Waals surface area contributed by atoms with E-state index < -0.39 is 0 Å². The third kappa shape index (κ3) is 5.74. The molecule has 0 radical (unpaired) electrons. The van der Waals surface area contributed by atoms with Gasteiger partial charge in [-0.05, 0) is 30.8 Å². The summed E-state index contributed by atoms with van der Waals surface area (Å²) in [4.78, 5) is 14.5. The van der Waals surface area contributed by atoms with Gasteiger partial charge in [-0.1, -0.05) is 20.8 Å². The number of ether oxygens (including phenoxy) is 1. The summed E-state index contributed by atoms with van der Waals surface area (Å²) < 4.78 is 5.26. The van der Waals surface area contributed by atoms with Gasteiger partial charge in [0.1, 0.15) is 16.6 Å². The van der Waals surface area contributed by atoms with E-state index in [0.717, 1.165) is 60.7 Å². The maximum atomic E-state index is 5.26. The molecule has 1 aromatic heterocycles. The molecule has 0 saturated carbocycles. The molecule has 148 valence electrons. The SMILES string of the molecule is CCN1CCN(c2cc(SC(C)C)nc(-c3ccc(OC)cc3)n2)CC1.Cl. The predicted octanol–water partition coefficient (Wildman–Crippen LogP) is 4.22. The van der Waals surface area contributed by atoms with Crippen LogP contribution in [0, 0.1) is 0 Å². The van der Waals surface area contributed by atoms with Gasteiger partial charge in [-0.15, -0.1) is 24.2 Å². The summed E-state index contributed by atoms with van der Waals surface area (Å²) in [7, 11) is 1.68. The fourth-order valence-corrected chi connectivity index (χ4v) is 3.83. The van der Waals surface area contributed by atoms with Crippen molar-refractivity contribution in [3.8, 4) is 17.1 Å². The van der Waals surface area contributed by atoms with Crippen LogP contribution in [0.1, 0.15) is 20.8 Å². The Morgan fingerprint density at radius 3 is 2.30 bits per heavy atom. The first-order valence-electron chi connectivity index (χ1n) is 9.26. The van der Waals surface area contributed by atoms with Crippen LogP contribution in [0.4, 0.5) is 5.82 Å². The monoisotopic (exact) mass is 408 g/mol. The van der Waals surface area contributed by atoms with E-state index in [1.54, 1.807) is 18.9 Å². The molecule has 2 heterocycles. The molecule has 1 aromatic carbocycles. The van der Waals surface area contributed by atoms with Crippen LogP contribution in [0.3, 0.4) is 0 Å². The zero-order valence-corrected chi connectivity index (χ0v) is 18.1. The van der Waals surface area contributed by atoms with E-state index in [4.69, 9.17) is 14.7 Å². The van der Waals surface area contributed by atoms with E-state index in [9.17, 15) is 0 Å². The van der Waals surface area contributed by atoms with Gasteiger partial charge in [0.2, 0.25) is 0 Å². The van der Waals surface area contributed by atoms with Crippen molar-refractivity contribution >= 4 is 30.0 Å². The van der Waals surface area contributed by atoms with Gasteiger partial charge in [-0.3, -0.25) is 0 Å². The van der Waals surface area contributed by atoms with Crippen molar-refractivity contribution in [1.29, 1.82) is 0 Å². The van der Waals surface area contributed by atoms with Crippen LogP contribution < -0.4 is 9.64 Å². The number of nitrogens with zero attached hydrogens (tertiary/aromatic N) is 4. The first kappa shape index (κ1) is 21.8. The second kappa shape index (κ2) is 10.2. The number of anilines is 1. The second-order valence-electron chi connectivity index (χ2n) is 6.70. The van der Waals surface area contributed by atoms with Crippen molar-refractivity contribution in [2.75, 3.05) is 44.7 Å². The number of methoxy groups -OCH3 is 1. The fourth-order valence-electron chi connectivity index (χ4n) is 3.04. The Kier molecular flexibility index (Phi) is 8.20. The van der Waals surface area contributed by atoms with E-state index >= 15 is 0 Å². The number of piperazine rings is 1. The molecule has 27 heavy (non-hydrogen) atoms. The Labute approximate surface area is 172 Å². The number of rotatable bonds is 6. The van der Waals surface area contributed by atoms with E-state index in [1.165, 1.54) is 0 Å². The molecular weight excluding hydrogens is 380 g/mol. The van der Waals surface area contributed by atoms with E-state index in [1.807, 2.05) is 24.3 Å². The summed E-state index contributed by atoms with van der Waals surface area (Å²) in [6.45, 7) is 11.9. The average molecular weight is 409 g/mol. The lowest BCUT2D eigenvalue weighted by molar-refractivity contribution is 0.270. The van der Waals surface area contributed by atoms with Crippen LogP contribution in [0.25, 0.3) is 11.4 Å². The lowest BCUT2D eigenvalue weighted by Crippen LogP contribution is -2.46.